The van der Waals surface area contributed by atoms with Gasteiger partial charge in [0.25, 0.3) is 0 Å². The molecule has 1 aromatic heterocycles. The summed E-state index contributed by atoms with van der Waals surface area (Å²) >= 11 is 0. The lowest BCUT2D eigenvalue weighted by Gasteiger charge is -2.30. The minimum absolute atomic E-state index is 0.119. The maximum atomic E-state index is 4.63. The molecule has 0 spiro atoms. The molecule has 0 N–H and O–H groups in total. The van der Waals surface area contributed by atoms with Crippen molar-refractivity contribution in [3.63, 3.8) is 0 Å². The van der Waals surface area contributed by atoms with Crippen LogP contribution in [0.1, 0.15) is 65.3 Å². The van der Waals surface area contributed by atoms with Crippen LogP contribution in [0, 0.1) is 0 Å². The van der Waals surface area contributed by atoms with Crippen LogP contribution in [0.4, 0.5) is 0 Å². The largest absolute Gasteiger partial charge is 0.260 e. The van der Waals surface area contributed by atoms with Crippen LogP contribution in [0.2, 0.25) is 0 Å². The van der Waals surface area contributed by atoms with Crippen molar-refractivity contribution in [2.75, 3.05) is 0 Å². The molecule has 1 heteroatoms. The minimum atomic E-state index is 0.119. The van der Waals surface area contributed by atoms with E-state index < -0.39 is 0 Å². The van der Waals surface area contributed by atoms with E-state index in [4.69, 9.17) is 0 Å². The van der Waals surface area contributed by atoms with Gasteiger partial charge in [0.15, 0.2) is 0 Å². The van der Waals surface area contributed by atoms with Gasteiger partial charge in [-0.3, -0.25) is 4.98 Å². The van der Waals surface area contributed by atoms with E-state index in [1.165, 1.54) is 16.8 Å². The van der Waals surface area contributed by atoms with Crippen LogP contribution >= 0.6 is 0 Å². The Hall–Kier alpha value is -0.850. The molecule has 0 aliphatic carbocycles. The highest BCUT2D eigenvalue weighted by molar-refractivity contribution is 5.39. The molecule has 90 valence electrons. The number of hydrogen-bond donors (Lipinski definition) is 0. The Bertz CT molecular complexity index is 364. The van der Waals surface area contributed by atoms with Gasteiger partial charge in [0, 0.05) is 17.3 Å². The van der Waals surface area contributed by atoms with Crippen LogP contribution in [0.25, 0.3) is 0 Å². The molecular weight excluding hydrogens is 194 g/mol. The lowest BCUT2D eigenvalue weighted by molar-refractivity contribution is 0.509. The highest BCUT2D eigenvalue weighted by Gasteiger charge is 2.28. The molecule has 0 aliphatic heterocycles. The Morgan fingerprint density at radius 2 is 1.56 bits per heavy atom. The second kappa shape index (κ2) is 4.20. The first-order valence-electron chi connectivity index (χ1n) is 6.16. The van der Waals surface area contributed by atoms with Gasteiger partial charge in [-0.15, -0.1) is 0 Å². The topological polar surface area (TPSA) is 12.9 Å². The summed E-state index contributed by atoms with van der Waals surface area (Å²) in [5, 5.41) is 0. The van der Waals surface area contributed by atoms with Gasteiger partial charge in [-0.25, -0.2) is 0 Å². The lowest BCUT2D eigenvalue weighted by atomic mass is 9.76. The molecular formula is C15H25N. The molecule has 1 aromatic rings. The smallest absolute Gasteiger partial charge is 0.0497 e. The molecule has 0 atom stereocenters. The maximum absolute atomic E-state index is 4.63. The van der Waals surface area contributed by atoms with Crippen LogP contribution in [0.15, 0.2) is 12.3 Å². The minimum Gasteiger partial charge on any atom is -0.260 e. The maximum Gasteiger partial charge on any atom is 0.0497 e. The van der Waals surface area contributed by atoms with Gasteiger partial charge in [-0.1, -0.05) is 48.5 Å². The van der Waals surface area contributed by atoms with Crippen molar-refractivity contribution in [2.24, 2.45) is 0 Å². The van der Waals surface area contributed by atoms with Crippen molar-refractivity contribution in [1.29, 1.82) is 0 Å². The van der Waals surface area contributed by atoms with Crippen LogP contribution in [-0.4, -0.2) is 4.98 Å². The van der Waals surface area contributed by atoms with Crippen molar-refractivity contribution in [1.82, 2.24) is 4.98 Å². The van der Waals surface area contributed by atoms with E-state index in [1.807, 2.05) is 6.20 Å². The van der Waals surface area contributed by atoms with Crippen LogP contribution < -0.4 is 0 Å². The summed E-state index contributed by atoms with van der Waals surface area (Å²) in [5.41, 5.74) is 4.41. The quantitative estimate of drug-likeness (QED) is 0.688. The molecule has 0 radical (unpaired) electrons. The zero-order valence-electron chi connectivity index (χ0n) is 11.8. The van der Waals surface area contributed by atoms with E-state index in [2.05, 4.69) is 59.5 Å². The van der Waals surface area contributed by atoms with Crippen LogP contribution in [0.5, 0.6) is 0 Å². The van der Waals surface area contributed by atoms with Gasteiger partial charge in [0.05, 0.1) is 0 Å². The lowest BCUT2D eigenvalue weighted by Crippen LogP contribution is -2.25. The van der Waals surface area contributed by atoms with Crippen molar-refractivity contribution < 1.29 is 0 Å². The average Bonchev–Trinajstić information content (AvgIpc) is 2.13. The van der Waals surface area contributed by atoms with E-state index in [0.29, 0.717) is 0 Å². The summed E-state index contributed by atoms with van der Waals surface area (Å²) in [7, 11) is 0. The number of aromatic nitrogens is 1. The highest BCUT2D eigenvalue weighted by Crippen LogP contribution is 2.34. The third-order valence-corrected chi connectivity index (χ3v) is 2.88. The van der Waals surface area contributed by atoms with E-state index >= 15 is 0 Å². The fraction of sp³-hybridized carbons (Fsp3) is 0.667. The predicted octanol–water partition coefficient (Wildman–Crippen LogP) is 4.24. The second-order valence-electron chi connectivity index (χ2n) is 6.55. The fourth-order valence-electron chi connectivity index (χ4n) is 2.20. The Morgan fingerprint density at radius 3 is 1.94 bits per heavy atom. The molecule has 0 aromatic carbocycles. The SMILES string of the molecule is CCc1ccnc(C(C)(C)C)c1C(C)(C)C. The first-order chi connectivity index (χ1) is 7.18. The van der Waals surface area contributed by atoms with Gasteiger partial charge in [0.1, 0.15) is 0 Å². The van der Waals surface area contributed by atoms with Gasteiger partial charge >= 0.3 is 0 Å². The number of nitrogens with zero attached hydrogens (tertiary/aromatic N) is 1. The molecule has 0 bridgehead atoms. The standard InChI is InChI=1S/C15H25N/c1-8-11-9-10-16-13(15(5,6)7)12(11)14(2,3)4/h9-10H,8H2,1-7H3. The molecule has 0 unspecified atom stereocenters. The molecule has 0 aliphatic rings. The number of hydrogen-bond acceptors (Lipinski definition) is 1. The third-order valence-electron chi connectivity index (χ3n) is 2.88. The molecule has 16 heavy (non-hydrogen) atoms. The van der Waals surface area contributed by atoms with E-state index in [9.17, 15) is 0 Å². The molecule has 0 saturated carbocycles. The average molecular weight is 219 g/mol. The molecule has 0 fully saturated rings. The highest BCUT2D eigenvalue weighted by atomic mass is 14.7. The normalized spacial score (nSPS) is 12.9. The van der Waals surface area contributed by atoms with Crippen molar-refractivity contribution >= 4 is 0 Å². The zero-order valence-corrected chi connectivity index (χ0v) is 11.8. The summed E-state index contributed by atoms with van der Waals surface area (Å²) in [6.45, 7) is 15.8. The molecule has 1 rings (SSSR count). The molecule has 1 heterocycles. The number of rotatable bonds is 1. The summed E-state index contributed by atoms with van der Waals surface area (Å²) in [6, 6.07) is 2.16. The summed E-state index contributed by atoms with van der Waals surface area (Å²) in [6.07, 6.45) is 3.03. The zero-order chi connectivity index (χ0) is 12.6. The van der Waals surface area contributed by atoms with Gasteiger partial charge in [-0.05, 0) is 29.0 Å². The third kappa shape index (κ3) is 2.63. The molecule has 1 nitrogen and oxygen atoms in total. The predicted molar refractivity (Wildman–Crippen MR) is 71.0 cm³/mol. The first kappa shape index (κ1) is 13.2. The first-order valence-corrected chi connectivity index (χ1v) is 6.16. The van der Waals surface area contributed by atoms with Crippen LogP contribution in [0.3, 0.4) is 0 Å². The second-order valence-corrected chi connectivity index (χ2v) is 6.55. The van der Waals surface area contributed by atoms with E-state index in [0.717, 1.165) is 6.42 Å². The Labute approximate surface area is 100 Å². The monoisotopic (exact) mass is 219 g/mol. The van der Waals surface area contributed by atoms with E-state index in [-0.39, 0.29) is 10.8 Å². The number of pyridine rings is 1. The molecule has 0 saturated heterocycles. The van der Waals surface area contributed by atoms with Gasteiger partial charge in [-0.2, -0.15) is 0 Å². The summed E-state index contributed by atoms with van der Waals surface area (Å²) < 4.78 is 0. The fourth-order valence-corrected chi connectivity index (χ4v) is 2.20. The molecule has 0 amide bonds. The van der Waals surface area contributed by atoms with Gasteiger partial charge in [0.2, 0.25) is 0 Å². The van der Waals surface area contributed by atoms with E-state index in [1.54, 1.807) is 0 Å². The summed E-state index contributed by atoms with van der Waals surface area (Å²) in [4.78, 5) is 4.63. The summed E-state index contributed by atoms with van der Waals surface area (Å²) in [5.74, 6) is 0. The van der Waals surface area contributed by atoms with Crippen molar-refractivity contribution in [3.8, 4) is 0 Å². The number of aryl methyl sites for hydroxylation is 1. The van der Waals surface area contributed by atoms with Gasteiger partial charge < -0.3 is 0 Å². The Balaban J connectivity index is 3.51. The Morgan fingerprint density at radius 1 is 1.00 bits per heavy atom. The van der Waals surface area contributed by atoms with Crippen LogP contribution in [-0.2, 0) is 17.3 Å². The van der Waals surface area contributed by atoms with Crippen molar-refractivity contribution in [3.05, 3.63) is 29.1 Å². The Kier molecular flexibility index (Phi) is 3.47. The van der Waals surface area contributed by atoms with Crippen molar-refractivity contribution in [2.45, 2.75) is 65.7 Å².